The number of carboxylic acid groups (broad SMARTS) is 2. The summed E-state index contributed by atoms with van der Waals surface area (Å²) in [7, 11) is 0. The minimum Gasteiger partial charge on any atom is -0.480 e. The number of hydrogen-bond acceptors (Lipinski definition) is 5. The molecule has 0 aliphatic carbocycles. The van der Waals surface area contributed by atoms with E-state index >= 15 is 0 Å². The van der Waals surface area contributed by atoms with Crippen molar-refractivity contribution >= 4 is 11.9 Å². The van der Waals surface area contributed by atoms with Crippen molar-refractivity contribution in [3.8, 4) is 0 Å². The van der Waals surface area contributed by atoms with Gasteiger partial charge in [0.15, 0.2) is 0 Å². The average molecular weight is 247 g/mol. The smallest absolute Gasteiger partial charge is 0.320 e. The molecule has 100 valence electrons. The number of aliphatic carboxylic acids is 2. The maximum absolute atomic E-state index is 10.7. The lowest BCUT2D eigenvalue weighted by Gasteiger charge is -2.12. The predicted octanol–water partition coefficient (Wildman–Crippen LogP) is -1.30. The quantitative estimate of drug-likeness (QED) is 0.289. The fourth-order valence-electron chi connectivity index (χ4n) is 1.24. The first kappa shape index (κ1) is 15.8. The van der Waals surface area contributed by atoms with Crippen LogP contribution in [-0.4, -0.2) is 60.9 Å². The summed E-state index contributed by atoms with van der Waals surface area (Å²) < 4.78 is 0. The van der Waals surface area contributed by atoms with Gasteiger partial charge in [-0.25, -0.2) is 0 Å². The summed E-state index contributed by atoms with van der Waals surface area (Å²) in [4.78, 5) is 20.8. The SMILES string of the molecule is CCC(NCCNCCNCC(=O)O)C(=O)O. The largest absolute Gasteiger partial charge is 0.480 e. The van der Waals surface area contributed by atoms with Crippen LogP contribution in [0.25, 0.3) is 0 Å². The molecule has 0 saturated carbocycles. The lowest BCUT2D eigenvalue weighted by atomic mass is 10.2. The fourth-order valence-corrected chi connectivity index (χ4v) is 1.24. The third-order valence-corrected chi connectivity index (χ3v) is 2.15. The van der Waals surface area contributed by atoms with Crippen molar-refractivity contribution in [3.05, 3.63) is 0 Å². The standard InChI is InChI=1S/C10H21N3O4/c1-2-8(10(16)17)13-6-5-11-3-4-12-7-9(14)15/h8,11-13H,2-7H2,1H3,(H,14,15)(H,16,17). The summed E-state index contributed by atoms with van der Waals surface area (Å²) in [5, 5.41) is 25.8. The predicted molar refractivity (Wildman–Crippen MR) is 63.1 cm³/mol. The highest BCUT2D eigenvalue weighted by atomic mass is 16.4. The molecule has 0 bridgehead atoms. The first-order valence-corrected chi connectivity index (χ1v) is 5.67. The van der Waals surface area contributed by atoms with Gasteiger partial charge < -0.3 is 26.2 Å². The molecule has 17 heavy (non-hydrogen) atoms. The van der Waals surface area contributed by atoms with E-state index in [9.17, 15) is 9.59 Å². The van der Waals surface area contributed by atoms with Crippen LogP contribution in [0, 0.1) is 0 Å². The molecule has 0 aliphatic heterocycles. The summed E-state index contributed by atoms with van der Waals surface area (Å²) in [6.07, 6.45) is 0.551. The zero-order valence-electron chi connectivity index (χ0n) is 10.0. The first-order chi connectivity index (χ1) is 8.07. The third kappa shape index (κ3) is 9.73. The van der Waals surface area contributed by atoms with Gasteiger partial charge in [-0.1, -0.05) is 6.92 Å². The van der Waals surface area contributed by atoms with E-state index in [1.807, 2.05) is 6.92 Å². The Labute approximate surface area is 101 Å². The van der Waals surface area contributed by atoms with Crippen molar-refractivity contribution in [2.45, 2.75) is 19.4 Å². The molecule has 0 amide bonds. The van der Waals surface area contributed by atoms with Gasteiger partial charge in [-0.05, 0) is 6.42 Å². The first-order valence-electron chi connectivity index (χ1n) is 5.67. The van der Waals surface area contributed by atoms with E-state index in [1.54, 1.807) is 0 Å². The lowest BCUT2D eigenvalue weighted by Crippen LogP contribution is -2.41. The molecule has 5 N–H and O–H groups in total. The number of rotatable bonds is 11. The molecule has 0 radical (unpaired) electrons. The van der Waals surface area contributed by atoms with Crippen molar-refractivity contribution in [1.82, 2.24) is 16.0 Å². The van der Waals surface area contributed by atoms with E-state index in [0.717, 1.165) is 0 Å². The Kier molecular flexibility index (Phi) is 9.31. The molecule has 7 nitrogen and oxygen atoms in total. The molecule has 1 unspecified atom stereocenters. The Balaban J connectivity index is 3.28. The van der Waals surface area contributed by atoms with Gasteiger partial charge in [0, 0.05) is 26.2 Å². The van der Waals surface area contributed by atoms with Crippen LogP contribution in [0.4, 0.5) is 0 Å². The molecular weight excluding hydrogens is 226 g/mol. The minimum atomic E-state index is -0.876. The Morgan fingerprint density at radius 3 is 2.18 bits per heavy atom. The molecule has 0 aromatic carbocycles. The van der Waals surface area contributed by atoms with Gasteiger partial charge in [-0.2, -0.15) is 0 Å². The second kappa shape index (κ2) is 10.0. The lowest BCUT2D eigenvalue weighted by molar-refractivity contribution is -0.139. The molecule has 7 heteroatoms. The summed E-state index contributed by atoms with van der Waals surface area (Å²) in [5.41, 5.74) is 0. The molecule has 0 fully saturated rings. The molecule has 0 aliphatic rings. The number of carboxylic acids is 2. The van der Waals surface area contributed by atoms with E-state index < -0.39 is 18.0 Å². The number of carbonyl (C=O) groups is 2. The average Bonchev–Trinajstić information content (AvgIpc) is 2.26. The minimum absolute atomic E-state index is 0.0448. The van der Waals surface area contributed by atoms with Crippen LogP contribution in [0.3, 0.4) is 0 Å². The number of hydrogen-bond donors (Lipinski definition) is 5. The molecule has 0 saturated heterocycles. The highest BCUT2D eigenvalue weighted by Crippen LogP contribution is 1.88. The van der Waals surface area contributed by atoms with E-state index in [4.69, 9.17) is 10.2 Å². The summed E-state index contributed by atoms with van der Waals surface area (Å²) in [6, 6.07) is -0.498. The molecule has 0 aromatic rings. The maximum atomic E-state index is 10.7. The molecule has 1 atom stereocenters. The van der Waals surface area contributed by atoms with E-state index in [2.05, 4.69) is 16.0 Å². The zero-order chi connectivity index (χ0) is 13.1. The van der Waals surface area contributed by atoms with Crippen LogP contribution in [0.15, 0.2) is 0 Å². The Morgan fingerprint density at radius 1 is 1.06 bits per heavy atom. The van der Waals surface area contributed by atoms with Gasteiger partial charge in [0.1, 0.15) is 6.04 Å². The summed E-state index contributed by atoms with van der Waals surface area (Å²) in [6.45, 7) is 4.22. The molecule has 0 rings (SSSR count). The van der Waals surface area contributed by atoms with Gasteiger partial charge >= 0.3 is 11.9 Å². The van der Waals surface area contributed by atoms with Crippen LogP contribution in [0.1, 0.15) is 13.3 Å². The van der Waals surface area contributed by atoms with Crippen LogP contribution in [-0.2, 0) is 9.59 Å². The van der Waals surface area contributed by atoms with Crippen molar-refractivity contribution in [1.29, 1.82) is 0 Å². The van der Waals surface area contributed by atoms with Crippen molar-refractivity contribution in [2.24, 2.45) is 0 Å². The van der Waals surface area contributed by atoms with Gasteiger partial charge in [0.25, 0.3) is 0 Å². The normalized spacial score (nSPS) is 12.3. The van der Waals surface area contributed by atoms with Crippen molar-refractivity contribution in [3.63, 3.8) is 0 Å². The Morgan fingerprint density at radius 2 is 1.65 bits per heavy atom. The second-order valence-corrected chi connectivity index (χ2v) is 3.57. The van der Waals surface area contributed by atoms with E-state index in [1.165, 1.54) is 0 Å². The van der Waals surface area contributed by atoms with E-state index in [0.29, 0.717) is 32.6 Å². The summed E-state index contributed by atoms with van der Waals surface area (Å²) in [5.74, 6) is -1.71. The molecule has 0 aromatic heterocycles. The van der Waals surface area contributed by atoms with Gasteiger partial charge in [-0.3, -0.25) is 9.59 Å². The van der Waals surface area contributed by atoms with Gasteiger partial charge in [-0.15, -0.1) is 0 Å². The van der Waals surface area contributed by atoms with Crippen LogP contribution in [0.2, 0.25) is 0 Å². The zero-order valence-corrected chi connectivity index (χ0v) is 10.0. The topological polar surface area (TPSA) is 111 Å². The van der Waals surface area contributed by atoms with Crippen LogP contribution in [0.5, 0.6) is 0 Å². The highest BCUT2D eigenvalue weighted by molar-refractivity contribution is 5.73. The number of nitrogens with one attached hydrogen (secondary N) is 3. The molecule has 0 heterocycles. The maximum Gasteiger partial charge on any atom is 0.320 e. The van der Waals surface area contributed by atoms with Crippen LogP contribution < -0.4 is 16.0 Å². The molecule has 0 spiro atoms. The third-order valence-electron chi connectivity index (χ3n) is 2.15. The molecular formula is C10H21N3O4. The highest BCUT2D eigenvalue weighted by Gasteiger charge is 2.12. The van der Waals surface area contributed by atoms with Crippen molar-refractivity contribution in [2.75, 3.05) is 32.7 Å². The van der Waals surface area contributed by atoms with Crippen LogP contribution >= 0.6 is 0 Å². The van der Waals surface area contributed by atoms with Gasteiger partial charge in [0.05, 0.1) is 6.54 Å². The second-order valence-electron chi connectivity index (χ2n) is 3.57. The monoisotopic (exact) mass is 247 g/mol. The van der Waals surface area contributed by atoms with Crippen molar-refractivity contribution < 1.29 is 19.8 Å². The van der Waals surface area contributed by atoms with Gasteiger partial charge in [0.2, 0.25) is 0 Å². The van der Waals surface area contributed by atoms with E-state index in [-0.39, 0.29) is 6.54 Å². The Bertz CT molecular complexity index is 236. The fraction of sp³-hybridized carbons (Fsp3) is 0.800. The Hall–Kier alpha value is -1.18. The summed E-state index contributed by atoms with van der Waals surface area (Å²) >= 11 is 0.